The van der Waals surface area contributed by atoms with Crippen molar-refractivity contribution in [1.82, 2.24) is 4.72 Å². The Balaban J connectivity index is 2.05. The number of rotatable bonds is 7. The fourth-order valence-electron chi connectivity index (χ4n) is 1.90. The quantitative estimate of drug-likeness (QED) is 0.734. The number of hydrogen-bond donors (Lipinski definition) is 2. The molecular formula is C14H14BrFN2O4S. The summed E-state index contributed by atoms with van der Waals surface area (Å²) in [6.45, 7) is -0.187. The second kappa shape index (κ2) is 7.24. The van der Waals surface area contributed by atoms with Crippen LogP contribution in [0.1, 0.15) is 5.56 Å². The fourth-order valence-corrected chi connectivity index (χ4v) is 3.33. The maximum atomic E-state index is 12.9. The molecule has 6 nitrogen and oxygen atoms in total. The van der Waals surface area contributed by atoms with Crippen LogP contribution in [0.25, 0.3) is 0 Å². The number of primary amides is 1. The molecule has 2 rings (SSSR count). The van der Waals surface area contributed by atoms with Crippen molar-refractivity contribution in [3.05, 3.63) is 52.4 Å². The summed E-state index contributed by atoms with van der Waals surface area (Å²) in [5, 5.41) is -0.269. The molecule has 0 saturated heterocycles. The largest absolute Gasteiger partial charge is 0.437 e. The number of carbonyl (C=O) groups is 1. The van der Waals surface area contributed by atoms with E-state index in [0.29, 0.717) is 5.56 Å². The van der Waals surface area contributed by atoms with Crippen LogP contribution in [0, 0.1) is 11.7 Å². The molecule has 0 aliphatic carbocycles. The molecule has 1 atom stereocenters. The third-order valence-corrected chi connectivity index (χ3v) is 4.85. The molecule has 2 aromatic rings. The molecule has 3 N–H and O–H groups in total. The molecule has 1 heterocycles. The Morgan fingerprint density at radius 1 is 1.26 bits per heavy atom. The Bertz CT molecular complexity index is 789. The van der Waals surface area contributed by atoms with Crippen molar-refractivity contribution in [3.63, 3.8) is 0 Å². The van der Waals surface area contributed by atoms with Crippen LogP contribution in [0.2, 0.25) is 0 Å². The Labute approximate surface area is 141 Å². The van der Waals surface area contributed by atoms with Gasteiger partial charge in [-0.1, -0.05) is 12.1 Å². The first-order chi connectivity index (χ1) is 10.8. The Morgan fingerprint density at radius 3 is 2.43 bits per heavy atom. The number of halogens is 2. The van der Waals surface area contributed by atoms with Crippen LogP contribution in [0.5, 0.6) is 0 Å². The molecule has 0 fully saturated rings. The van der Waals surface area contributed by atoms with Crippen molar-refractivity contribution in [2.45, 2.75) is 11.5 Å². The second-order valence-electron chi connectivity index (χ2n) is 4.84. The Hall–Kier alpha value is -1.71. The maximum absolute atomic E-state index is 12.9. The molecular weight excluding hydrogens is 391 g/mol. The van der Waals surface area contributed by atoms with Gasteiger partial charge in [-0.2, -0.15) is 0 Å². The van der Waals surface area contributed by atoms with Crippen LogP contribution < -0.4 is 10.5 Å². The highest BCUT2D eigenvalue weighted by Gasteiger charge is 2.23. The molecule has 0 spiro atoms. The number of sulfonamides is 1. The van der Waals surface area contributed by atoms with Crippen LogP contribution in [0.15, 0.2) is 50.6 Å². The van der Waals surface area contributed by atoms with Crippen molar-refractivity contribution in [3.8, 4) is 0 Å². The van der Waals surface area contributed by atoms with Gasteiger partial charge in [-0.25, -0.2) is 17.5 Å². The lowest BCUT2D eigenvalue weighted by atomic mass is 9.99. The van der Waals surface area contributed by atoms with Gasteiger partial charge in [0.25, 0.3) is 10.0 Å². The molecule has 0 radical (unpaired) electrons. The zero-order valence-corrected chi connectivity index (χ0v) is 14.2. The van der Waals surface area contributed by atoms with E-state index in [1.165, 1.54) is 36.4 Å². The molecule has 124 valence electrons. The number of benzene rings is 1. The van der Waals surface area contributed by atoms with E-state index in [1.54, 1.807) is 0 Å². The lowest BCUT2D eigenvalue weighted by Crippen LogP contribution is -2.37. The highest BCUT2D eigenvalue weighted by Crippen LogP contribution is 2.18. The van der Waals surface area contributed by atoms with Gasteiger partial charge in [0.2, 0.25) is 11.0 Å². The first-order valence-corrected chi connectivity index (χ1v) is 8.84. The van der Waals surface area contributed by atoms with Crippen molar-refractivity contribution < 1.29 is 22.0 Å². The highest BCUT2D eigenvalue weighted by atomic mass is 79.9. The predicted molar refractivity (Wildman–Crippen MR) is 84.4 cm³/mol. The minimum absolute atomic E-state index is 0.187. The molecule has 0 aliphatic heterocycles. The van der Waals surface area contributed by atoms with Crippen molar-refractivity contribution >= 4 is 31.9 Å². The van der Waals surface area contributed by atoms with Gasteiger partial charge in [-0.05, 0) is 52.2 Å². The summed E-state index contributed by atoms with van der Waals surface area (Å²) < 4.78 is 44.5. The van der Waals surface area contributed by atoms with Gasteiger partial charge in [0, 0.05) is 6.54 Å². The second-order valence-corrected chi connectivity index (χ2v) is 7.32. The first-order valence-electron chi connectivity index (χ1n) is 6.56. The molecule has 0 saturated carbocycles. The minimum Gasteiger partial charge on any atom is -0.437 e. The van der Waals surface area contributed by atoms with Gasteiger partial charge in [0.1, 0.15) is 5.82 Å². The Kier molecular flexibility index (Phi) is 5.55. The summed E-state index contributed by atoms with van der Waals surface area (Å²) in [5.74, 6) is -1.82. The van der Waals surface area contributed by atoms with E-state index in [4.69, 9.17) is 10.2 Å². The molecule has 0 unspecified atom stereocenters. The summed E-state index contributed by atoms with van der Waals surface area (Å²) in [7, 11) is -3.88. The normalized spacial score (nSPS) is 13.0. The molecule has 1 aromatic heterocycles. The summed E-state index contributed by atoms with van der Waals surface area (Å²) in [5.41, 5.74) is 5.98. The van der Waals surface area contributed by atoms with Crippen LogP contribution in [0.4, 0.5) is 4.39 Å². The lowest BCUT2D eigenvalue weighted by Gasteiger charge is -2.14. The molecule has 0 bridgehead atoms. The third kappa shape index (κ3) is 4.88. The van der Waals surface area contributed by atoms with Gasteiger partial charge in [-0.3, -0.25) is 4.79 Å². The predicted octanol–water partition coefficient (Wildman–Crippen LogP) is 1.80. The van der Waals surface area contributed by atoms with E-state index in [9.17, 15) is 17.6 Å². The smallest absolute Gasteiger partial charge is 0.274 e. The average molecular weight is 405 g/mol. The van der Waals surface area contributed by atoms with E-state index in [0.717, 1.165) is 0 Å². The number of furan rings is 1. The van der Waals surface area contributed by atoms with Gasteiger partial charge in [0.05, 0.1) is 5.92 Å². The van der Waals surface area contributed by atoms with Crippen LogP contribution in [-0.2, 0) is 21.2 Å². The van der Waals surface area contributed by atoms with E-state index < -0.39 is 27.7 Å². The van der Waals surface area contributed by atoms with Crippen LogP contribution in [-0.4, -0.2) is 20.9 Å². The highest BCUT2D eigenvalue weighted by molar-refractivity contribution is 9.10. The minimum atomic E-state index is -3.88. The van der Waals surface area contributed by atoms with E-state index in [-0.39, 0.29) is 22.7 Å². The summed E-state index contributed by atoms with van der Waals surface area (Å²) >= 11 is 3.01. The zero-order valence-electron chi connectivity index (χ0n) is 11.8. The maximum Gasteiger partial charge on any atom is 0.274 e. The summed E-state index contributed by atoms with van der Waals surface area (Å²) in [6, 6.07) is 8.28. The zero-order chi connectivity index (χ0) is 17.0. The van der Waals surface area contributed by atoms with Gasteiger partial charge < -0.3 is 10.2 Å². The summed E-state index contributed by atoms with van der Waals surface area (Å²) in [6.07, 6.45) is 0.194. The van der Waals surface area contributed by atoms with Gasteiger partial charge in [0.15, 0.2) is 4.67 Å². The van der Waals surface area contributed by atoms with Crippen LogP contribution >= 0.6 is 15.9 Å². The fraction of sp³-hybridized carbons (Fsp3) is 0.214. The first kappa shape index (κ1) is 17.6. The number of carbonyl (C=O) groups excluding carboxylic acids is 1. The number of nitrogens with one attached hydrogen (secondary N) is 1. The SMILES string of the molecule is NC(=O)[C@H](CNS(=O)(=O)c1ccc(Br)o1)Cc1ccc(F)cc1. The summed E-state index contributed by atoms with van der Waals surface area (Å²) in [4.78, 5) is 11.5. The van der Waals surface area contributed by atoms with E-state index in [2.05, 4.69) is 20.7 Å². The van der Waals surface area contributed by atoms with Gasteiger partial charge >= 0.3 is 0 Å². The molecule has 23 heavy (non-hydrogen) atoms. The van der Waals surface area contributed by atoms with E-state index >= 15 is 0 Å². The average Bonchev–Trinajstić information content (AvgIpc) is 2.92. The van der Waals surface area contributed by atoms with Crippen molar-refractivity contribution in [2.75, 3.05) is 6.54 Å². The van der Waals surface area contributed by atoms with E-state index in [1.807, 2.05) is 0 Å². The number of hydrogen-bond acceptors (Lipinski definition) is 4. The topological polar surface area (TPSA) is 102 Å². The molecule has 9 heteroatoms. The van der Waals surface area contributed by atoms with Crippen molar-refractivity contribution in [1.29, 1.82) is 0 Å². The van der Waals surface area contributed by atoms with Crippen LogP contribution in [0.3, 0.4) is 0 Å². The third-order valence-electron chi connectivity index (χ3n) is 3.13. The molecule has 1 aromatic carbocycles. The number of nitrogens with two attached hydrogens (primary N) is 1. The van der Waals surface area contributed by atoms with Crippen molar-refractivity contribution in [2.24, 2.45) is 11.7 Å². The van der Waals surface area contributed by atoms with Gasteiger partial charge in [-0.15, -0.1) is 0 Å². The number of amides is 1. The molecule has 0 aliphatic rings. The lowest BCUT2D eigenvalue weighted by molar-refractivity contribution is -0.121. The molecule has 1 amide bonds. The monoisotopic (exact) mass is 404 g/mol. The Morgan fingerprint density at radius 2 is 1.91 bits per heavy atom. The standard InChI is InChI=1S/C14H14BrFN2O4S/c15-12-5-6-13(22-12)23(20,21)18-8-10(14(17)19)7-9-1-3-11(16)4-2-9/h1-6,10,18H,7-8H2,(H2,17,19)/t10-/m0/s1.